The Morgan fingerprint density at radius 3 is 2.30 bits per heavy atom. The first-order valence-corrected chi connectivity index (χ1v) is 9.63. The van der Waals surface area contributed by atoms with Crippen LogP contribution in [0.2, 0.25) is 0 Å². The molecule has 1 aliphatic rings. The summed E-state index contributed by atoms with van der Waals surface area (Å²) in [4.78, 5) is 12.5. The van der Waals surface area contributed by atoms with Gasteiger partial charge in [0.2, 0.25) is 0 Å². The van der Waals surface area contributed by atoms with E-state index in [-0.39, 0.29) is 11.5 Å². The highest BCUT2D eigenvalue weighted by Crippen LogP contribution is 2.29. The van der Waals surface area contributed by atoms with Gasteiger partial charge in [0.1, 0.15) is 0 Å². The Bertz CT molecular complexity index is 769. The third-order valence-electron chi connectivity index (χ3n) is 5.27. The van der Waals surface area contributed by atoms with Crippen LogP contribution in [-0.4, -0.2) is 35.3 Å². The van der Waals surface area contributed by atoms with Gasteiger partial charge < -0.3 is 14.7 Å². The lowest BCUT2D eigenvalue weighted by atomic mass is 9.86. The number of piperidine rings is 1. The molecule has 144 valence electrons. The Morgan fingerprint density at radius 2 is 1.70 bits per heavy atom. The van der Waals surface area contributed by atoms with Gasteiger partial charge in [0.15, 0.2) is 0 Å². The summed E-state index contributed by atoms with van der Waals surface area (Å²) in [6.07, 6.45) is 0.804. The van der Waals surface area contributed by atoms with E-state index in [9.17, 15) is 4.79 Å². The predicted octanol–water partition coefficient (Wildman–Crippen LogP) is 5.31. The summed E-state index contributed by atoms with van der Waals surface area (Å²) >= 11 is 0. The molecule has 0 spiro atoms. The Morgan fingerprint density at radius 1 is 1.07 bits per heavy atom. The minimum atomic E-state index is -0.836. The third-order valence-corrected chi connectivity index (χ3v) is 5.27. The molecule has 1 N–H and O–H groups in total. The molecule has 0 saturated carbocycles. The zero-order chi connectivity index (χ0) is 19.4. The highest BCUT2D eigenvalue weighted by molar-refractivity contribution is 5.67. The van der Waals surface area contributed by atoms with Gasteiger partial charge in [0.05, 0.1) is 12.7 Å². The van der Waals surface area contributed by atoms with Crippen molar-refractivity contribution in [2.45, 2.75) is 51.7 Å². The lowest BCUT2D eigenvalue weighted by molar-refractivity contribution is 0.000542. The van der Waals surface area contributed by atoms with E-state index >= 15 is 0 Å². The maximum absolute atomic E-state index is 11.0. The van der Waals surface area contributed by atoms with E-state index in [4.69, 9.17) is 9.84 Å². The second kappa shape index (κ2) is 8.13. The SMILES string of the molecule is CC(C)(C)c1ccc(-c2ccccc2COC2CCN(C(=O)O)CC2)cc1. The fourth-order valence-corrected chi connectivity index (χ4v) is 3.50. The van der Waals surface area contributed by atoms with Crippen LogP contribution in [0.15, 0.2) is 48.5 Å². The molecule has 3 rings (SSSR count). The highest BCUT2D eigenvalue weighted by atomic mass is 16.5. The maximum Gasteiger partial charge on any atom is 0.407 e. The molecule has 27 heavy (non-hydrogen) atoms. The Labute approximate surface area is 161 Å². The highest BCUT2D eigenvalue weighted by Gasteiger charge is 2.23. The number of likely N-dealkylation sites (tertiary alicyclic amines) is 1. The van der Waals surface area contributed by atoms with E-state index in [1.165, 1.54) is 27.2 Å². The Hall–Kier alpha value is -2.33. The molecule has 1 aliphatic heterocycles. The monoisotopic (exact) mass is 367 g/mol. The van der Waals surface area contributed by atoms with Crippen molar-refractivity contribution in [2.75, 3.05) is 13.1 Å². The first kappa shape index (κ1) is 19.4. The van der Waals surface area contributed by atoms with Crippen LogP contribution in [0.4, 0.5) is 4.79 Å². The summed E-state index contributed by atoms with van der Waals surface area (Å²) in [7, 11) is 0. The molecule has 0 unspecified atom stereocenters. The maximum atomic E-state index is 11.0. The van der Waals surface area contributed by atoms with Crippen LogP contribution >= 0.6 is 0 Å². The van der Waals surface area contributed by atoms with E-state index < -0.39 is 6.09 Å². The van der Waals surface area contributed by atoms with Gasteiger partial charge in [-0.05, 0) is 40.5 Å². The number of amides is 1. The van der Waals surface area contributed by atoms with Gasteiger partial charge >= 0.3 is 6.09 Å². The first-order valence-electron chi connectivity index (χ1n) is 9.63. The second-order valence-electron chi connectivity index (χ2n) is 8.26. The van der Waals surface area contributed by atoms with Crippen molar-refractivity contribution >= 4 is 6.09 Å². The lowest BCUT2D eigenvalue weighted by Gasteiger charge is -2.30. The largest absolute Gasteiger partial charge is 0.465 e. The van der Waals surface area contributed by atoms with Gasteiger partial charge in [-0.25, -0.2) is 4.79 Å². The number of hydrogen-bond donors (Lipinski definition) is 1. The van der Waals surface area contributed by atoms with Gasteiger partial charge in [0.25, 0.3) is 0 Å². The fourth-order valence-electron chi connectivity index (χ4n) is 3.50. The van der Waals surface area contributed by atoms with E-state index in [1.807, 2.05) is 6.07 Å². The number of rotatable bonds is 4. The smallest absolute Gasteiger partial charge is 0.407 e. The fraction of sp³-hybridized carbons (Fsp3) is 0.435. The number of nitrogens with zero attached hydrogens (tertiary/aromatic N) is 1. The topological polar surface area (TPSA) is 49.8 Å². The van der Waals surface area contributed by atoms with Crippen LogP contribution in [0.3, 0.4) is 0 Å². The lowest BCUT2D eigenvalue weighted by Crippen LogP contribution is -2.40. The van der Waals surface area contributed by atoms with Crippen LogP contribution in [0.25, 0.3) is 11.1 Å². The zero-order valence-electron chi connectivity index (χ0n) is 16.4. The summed E-state index contributed by atoms with van der Waals surface area (Å²) in [6, 6.07) is 17.1. The van der Waals surface area contributed by atoms with Crippen molar-refractivity contribution in [3.63, 3.8) is 0 Å². The summed E-state index contributed by atoms with van der Waals surface area (Å²) in [5, 5.41) is 9.05. The van der Waals surface area contributed by atoms with E-state index in [0.29, 0.717) is 19.7 Å². The molecule has 1 amide bonds. The number of ether oxygens (including phenoxy) is 1. The molecule has 1 heterocycles. The van der Waals surface area contributed by atoms with Crippen molar-refractivity contribution < 1.29 is 14.6 Å². The van der Waals surface area contributed by atoms with Gasteiger partial charge in [-0.3, -0.25) is 0 Å². The zero-order valence-corrected chi connectivity index (χ0v) is 16.4. The first-order chi connectivity index (χ1) is 12.8. The summed E-state index contributed by atoms with van der Waals surface area (Å²) in [6.45, 7) is 8.32. The Kier molecular flexibility index (Phi) is 5.85. The molecule has 0 atom stereocenters. The van der Waals surface area contributed by atoms with E-state index in [1.54, 1.807) is 0 Å². The Balaban J connectivity index is 1.67. The summed E-state index contributed by atoms with van der Waals surface area (Å²) < 4.78 is 6.12. The quantitative estimate of drug-likeness (QED) is 0.797. The van der Waals surface area contributed by atoms with Gasteiger partial charge in [-0.2, -0.15) is 0 Å². The van der Waals surface area contributed by atoms with Crippen molar-refractivity contribution in [3.05, 3.63) is 59.7 Å². The average molecular weight is 367 g/mol. The molecule has 0 bridgehead atoms. The van der Waals surface area contributed by atoms with Gasteiger partial charge in [-0.1, -0.05) is 69.3 Å². The second-order valence-corrected chi connectivity index (χ2v) is 8.26. The molecule has 2 aromatic carbocycles. The molecule has 4 heteroatoms. The van der Waals surface area contributed by atoms with Crippen LogP contribution in [-0.2, 0) is 16.8 Å². The minimum Gasteiger partial charge on any atom is -0.465 e. The number of benzene rings is 2. The molecule has 1 fully saturated rings. The molecule has 1 saturated heterocycles. The standard InChI is InChI=1S/C23H29NO3/c1-23(2,3)19-10-8-17(9-11-19)21-7-5-4-6-18(21)16-27-20-12-14-24(15-13-20)22(25)26/h4-11,20H,12-16H2,1-3H3,(H,25,26). The number of hydrogen-bond acceptors (Lipinski definition) is 2. The third kappa shape index (κ3) is 4.89. The molecule has 0 aromatic heterocycles. The normalized spacial score (nSPS) is 15.7. The number of carboxylic acid groups (broad SMARTS) is 1. The van der Waals surface area contributed by atoms with Crippen LogP contribution in [0, 0.1) is 0 Å². The minimum absolute atomic E-state index is 0.122. The van der Waals surface area contributed by atoms with Gasteiger partial charge in [0, 0.05) is 13.1 Å². The predicted molar refractivity (Wildman–Crippen MR) is 108 cm³/mol. The summed E-state index contributed by atoms with van der Waals surface area (Å²) in [5.74, 6) is 0. The van der Waals surface area contributed by atoms with Gasteiger partial charge in [-0.15, -0.1) is 0 Å². The average Bonchev–Trinajstić information content (AvgIpc) is 2.66. The molecular weight excluding hydrogens is 338 g/mol. The molecule has 0 aliphatic carbocycles. The van der Waals surface area contributed by atoms with Crippen LogP contribution in [0.1, 0.15) is 44.7 Å². The van der Waals surface area contributed by atoms with Crippen molar-refractivity contribution in [1.82, 2.24) is 4.90 Å². The number of carbonyl (C=O) groups is 1. The molecule has 2 aromatic rings. The van der Waals surface area contributed by atoms with Crippen molar-refractivity contribution in [1.29, 1.82) is 0 Å². The van der Waals surface area contributed by atoms with Crippen LogP contribution in [0.5, 0.6) is 0 Å². The van der Waals surface area contributed by atoms with E-state index in [0.717, 1.165) is 12.8 Å². The van der Waals surface area contributed by atoms with E-state index in [2.05, 4.69) is 63.2 Å². The van der Waals surface area contributed by atoms with Crippen molar-refractivity contribution in [3.8, 4) is 11.1 Å². The van der Waals surface area contributed by atoms with Crippen LogP contribution < -0.4 is 0 Å². The molecular formula is C23H29NO3. The molecule has 0 radical (unpaired) electrons. The molecule has 4 nitrogen and oxygen atoms in total. The summed E-state index contributed by atoms with van der Waals surface area (Å²) in [5.41, 5.74) is 5.03. The van der Waals surface area contributed by atoms with Crippen molar-refractivity contribution in [2.24, 2.45) is 0 Å².